The number of hydrogen-bond acceptors (Lipinski definition) is 1. The number of halogens is 2. The lowest BCUT2D eigenvalue weighted by molar-refractivity contribution is 1.17. The molecular weight excluding hydrogens is 384 g/mol. The van der Waals surface area contributed by atoms with Gasteiger partial charge in [-0.05, 0) is 45.6 Å². The van der Waals surface area contributed by atoms with Gasteiger partial charge in [-0.15, -0.1) is 0 Å². The normalized spacial score (nSPS) is 11.1. The first-order valence-corrected chi connectivity index (χ1v) is 8.80. The maximum Gasteiger partial charge on any atom is 0.156 e. The van der Waals surface area contributed by atoms with Crippen molar-refractivity contribution in [2.45, 2.75) is 6.92 Å². The van der Waals surface area contributed by atoms with Crippen molar-refractivity contribution in [3.8, 4) is 22.4 Å². The average molecular weight is 398 g/mol. The van der Waals surface area contributed by atoms with E-state index in [0.717, 1.165) is 21.4 Å². The minimum atomic E-state index is 0.632. The van der Waals surface area contributed by atoms with Crippen LogP contribution in [0.2, 0.25) is 5.02 Å². The number of rotatable bonds is 2. The largest absolute Gasteiger partial charge is 0.304 e. The summed E-state index contributed by atoms with van der Waals surface area (Å²) in [6.07, 6.45) is 3.98. The van der Waals surface area contributed by atoms with Crippen LogP contribution in [0, 0.1) is 6.92 Å². The summed E-state index contributed by atoms with van der Waals surface area (Å²) >= 11 is 9.79. The van der Waals surface area contributed by atoms with Crippen molar-refractivity contribution in [2.75, 3.05) is 0 Å². The van der Waals surface area contributed by atoms with Crippen LogP contribution < -0.4 is 0 Å². The lowest BCUT2D eigenvalue weighted by Gasteiger charge is -2.10. The molecule has 4 aromatic rings. The van der Waals surface area contributed by atoms with Gasteiger partial charge in [-0.25, -0.2) is 4.98 Å². The van der Waals surface area contributed by atoms with Crippen molar-refractivity contribution in [2.24, 2.45) is 0 Å². The fourth-order valence-electron chi connectivity index (χ4n) is 3.00. The van der Waals surface area contributed by atoms with Crippen LogP contribution in [-0.2, 0) is 0 Å². The quantitative estimate of drug-likeness (QED) is 0.383. The van der Waals surface area contributed by atoms with Crippen molar-refractivity contribution in [1.29, 1.82) is 0 Å². The van der Waals surface area contributed by atoms with Gasteiger partial charge in [-0.2, -0.15) is 0 Å². The summed E-state index contributed by atoms with van der Waals surface area (Å²) in [6.45, 7) is 2.14. The molecule has 0 radical (unpaired) electrons. The monoisotopic (exact) mass is 396 g/mol. The maximum absolute atomic E-state index is 6.32. The number of nitrogens with zero attached hydrogens (tertiary/aromatic N) is 2. The van der Waals surface area contributed by atoms with Crippen molar-refractivity contribution in [3.63, 3.8) is 0 Å². The van der Waals surface area contributed by atoms with Gasteiger partial charge in [0.25, 0.3) is 0 Å². The molecule has 0 fully saturated rings. The van der Waals surface area contributed by atoms with E-state index in [-0.39, 0.29) is 0 Å². The summed E-state index contributed by atoms with van der Waals surface area (Å²) < 4.78 is 2.88. The molecule has 2 nitrogen and oxygen atoms in total. The Morgan fingerprint density at radius 2 is 1.71 bits per heavy atom. The highest BCUT2D eigenvalue weighted by molar-refractivity contribution is 9.10. The Bertz CT molecular complexity index is 1040. The van der Waals surface area contributed by atoms with Gasteiger partial charge in [0, 0.05) is 22.4 Å². The number of aromatic nitrogens is 2. The second-order valence-corrected chi connectivity index (χ2v) is 7.03. The molecule has 0 saturated carbocycles. The highest BCUT2D eigenvalue weighted by Gasteiger charge is 2.12. The molecule has 0 saturated heterocycles. The molecule has 0 atom stereocenters. The minimum Gasteiger partial charge on any atom is -0.304 e. The fourth-order valence-corrected chi connectivity index (χ4v) is 3.84. The summed E-state index contributed by atoms with van der Waals surface area (Å²) in [5.41, 5.74) is 6.44. The molecule has 4 heteroatoms. The summed E-state index contributed by atoms with van der Waals surface area (Å²) in [4.78, 5) is 4.73. The van der Waals surface area contributed by atoms with Gasteiger partial charge in [0.2, 0.25) is 0 Å². The van der Waals surface area contributed by atoms with E-state index in [1.54, 1.807) is 0 Å². The summed E-state index contributed by atoms with van der Waals surface area (Å²) in [5.74, 6) is 0. The van der Waals surface area contributed by atoms with Gasteiger partial charge in [0.1, 0.15) is 0 Å². The zero-order chi connectivity index (χ0) is 16.7. The van der Waals surface area contributed by atoms with Crippen LogP contribution in [-0.4, -0.2) is 9.38 Å². The highest BCUT2D eigenvalue weighted by Crippen LogP contribution is 2.32. The van der Waals surface area contributed by atoms with E-state index in [2.05, 4.69) is 65.3 Å². The van der Waals surface area contributed by atoms with Crippen molar-refractivity contribution < 1.29 is 0 Å². The SMILES string of the molecule is Cc1c(-c2ccccc2)cccc1-c1cn2cc(Br)cc(Cl)c2n1. The number of imidazole rings is 1. The molecule has 0 amide bonds. The lowest BCUT2D eigenvalue weighted by atomic mass is 9.95. The first-order valence-electron chi connectivity index (χ1n) is 7.62. The molecule has 2 heterocycles. The molecule has 24 heavy (non-hydrogen) atoms. The first kappa shape index (κ1) is 15.4. The second kappa shape index (κ2) is 6.08. The van der Waals surface area contributed by atoms with Crippen LogP contribution in [0.15, 0.2) is 71.5 Å². The van der Waals surface area contributed by atoms with E-state index in [1.165, 1.54) is 16.7 Å². The number of hydrogen-bond donors (Lipinski definition) is 0. The second-order valence-electron chi connectivity index (χ2n) is 5.71. The fraction of sp³-hybridized carbons (Fsp3) is 0.0500. The van der Waals surface area contributed by atoms with E-state index in [1.807, 2.05) is 28.9 Å². The zero-order valence-electron chi connectivity index (χ0n) is 13.0. The third-order valence-electron chi connectivity index (χ3n) is 4.17. The predicted molar refractivity (Wildman–Crippen MR) is 104 cm³/mol. The van der Waals surface area contributed by atoms with E-state index in [4.69, 9.17) is 16.6 Å². The molecule has 4 rings (SSSR count). The molecule has 0 aliphatic carbocycles. The van der Waals surface area contributed by atoms with Crippen LogP contribution in [0.25, 0.3) is 28.0 Å². The third kappa shape index (κ3) is 2.64. The van der Waals surface area contributed by atoms with Crippen molar-refractivity contribution in [1.82, 2.24) is 9.38 Å². The van der Waals surface area contributed by atoms with Crippen LogP contribution in [0.1, 0.15) is 5.56 Å². The molecule has 2 aromatic carbocycles. The molecule has 2 aromatic heterocycles. The molecule has 118 valence electrons. The van der Waals surface area contributed by atoms with Gasteiger partial charge in [0.15, 0.2) is 5.65 Å². The van der Waals surface area contributed by atoms with Crippen LogP contribution >= 0.6 is 27.5 Å². The Hall–Kier alpha value is -2.10. The molecular formula is C20H14BrClN2. The van der Waals surface area contributed by atoms with Gasteiger partial charge in [-0.1, -0.05) is 60.1 Å². The van der Waals surface area contributed by atoms with E-state index >= 15 is 0 Å². The zero-order valence-corrected chi connectivity index (χ0v) is 15.3. The van der Waals surface area contributed by atoms with E-state index in [9.17, 15) is 0 Å². The standard InChI is InChI=1S/C20H14BrClN2/c1-13-16(14-6-3-2-4-7-14)8-5-9-17(13)19-12-24-11-15(21)10-18(22)20(24)23-19/h2-12H,1H3. The third-order valence-corrected chi connectivity index (χ3v) is 4.88. The van der Waals surface area contributed by atoms with Gasteiger partial charge in [0.05, 0.1) is 10.7 Å². The molecule has 0 aliphatic heterocycles. The van der Waals surface area contributed by atoms with Crippen LogP contribution in [0.5, 0.6) is 0 Å². The van der Waals surface area contributed by atoms with E-state index in [0.29, 0.717) is 5.02 Å². The predicted octanol–water partition coefficient (Wildman–Crippen LogP) is 6.39. The molecule has 0 unspecified atom stereocenters. The lowest BCUT2D eigenvalue weighted by Crippen LogP contribution is -1.88. The van der Waals surface area contributed by atoms with Gasteiger partial charge >= 0.3 is 0 Å². The smallest absolute Gasteiger partial charge is 0.156 e. The topological polar surface area (TPSA) is 17.3 Å². The Kier molecular flexibility index (Phi) is 3.91. The highest BCUT2D eigenvalue weighted by atomic mass is 79.9. The number of benzene rings is 2. The molecule has 0 bridgehead atoms. The van der Waals surface area contributed by atoms with Crippen LogP contribution in [0.4, 0.5) is 0 Å². The summed E-state index contributed by atoms with van der Waals surface area (Å²) in [6, 6.07) is 18.6. The maximum atomic E-state index is 6.32. The summed E-state index contributed by atoms with van der Waals surface area (Å²) in [7, 11) is 0. The van der Waals surface area contributed by atoms with Crippen LogP contribution in [0.3, 0.4) is 0 Å². The van der Waals surface area contributed by atoms with Gasteiger partial charge in [-0.3, -0.25) is 0 Å². The Morgan fingerprint density at radius 1 is 0.958 bits per heavy atom. The molecule has 0 aliphatic rings. The van der Waals surface area contributed by atoms with Crippen molar-refractivity contribution >= 4 is 33.2 Å². The van der Waals surface area contributed by atoms with Crippen molar-refractivity contribution in [3.05, 3.63) is 82.0 Å². The van der Waals surface area contributed by atoms with Gasteiger partial charge < -0.3 is 4.40 Å². The molecule has 0 spiro atoms. The first-order chi connectivity index (χ1) is 11.6. The Balaban J connectivity index is 1.90. The minimum absolute atomic E-state index is 0.632. The summed E-state index contributed by atoms with van der Waals surface area (Å²) in [5, 5.41) is 0.632. The Labute approximate surface area is 153 Å². The number of fused-ring (bicyclic) bond motifs is 1. The average Bonchev–Trinajstić information content (AvgIpc) is 3.00. The Morgan fingerprint density at radius 3 is 2.50 bits per heavy atom. The molecule has 0 N–H and O–H groups in total. The van der Waals surface area contributed by atoms with E-state index < -0.39 is 0 Å². The number of pyridine rings is 1.